The summed E-state index contributed by atoms with van der Waals surface area (Å²) in [5, 5.41) is 10.8. The van der Waals surface area contributed by atoms with Crippen molar-refractivity contribution >= 4 is 11.9 Å². The summed E-state index contributed by atoms with van der Waals surface area (Å²) in [5.74, 6) is -1.75. The number of hydrogen-bond acceptors (Lipinski definition) is 3. The van der Waals surface area contributed by atoms with Crippen LogP contribution < -0.4 is 10.1 Å². The number of carbonyl (C=O) groups is 2. The average Bonchev–Trinajstić information content (AvgIpc) is 2.44. The van der Waals surface area contributed by atoms with Crippen LogP contribution in [0.2, 0.25) is 0 Å². The molecule has 1 atom stereocenters. The Hall–Kier alpha value is -2.18. The van der Waals surface area contributed by atoms with Gasteiger partial charge >= 0.3 is 5.97 Å². The molecule has 0 saturated carbocycles. The number of carboxylic acid groups (broad SMARTS) is 1. The molecule has 7 heteroatoms. The van der Waals surface area contributed by atoms with Gasteiger partial charge in [-0.2, -0.15) is 0 Å². The van der Waals surface area contributed by atoms with Crippen molar-refractivity contribution in [1.82, 2.24) is 5.32 Å². The highest BCUT2D eigenvalue weighted by Crippen LogP contribution is 2.18. The molecular weight excluding hydrogens is 284 g/mol. The Kier molecular flexibility index (Phi) is 6.58. The van der Waals surface area contributed by atoms with E-state index in [4.69, 9.17) is 9.84 Å². The van der Waals surface area contributed by atoms with Crippen LogP contribution in [0.3, 0.4) is 0 Å². The summed E-state index contributed by atoms with van der Waals surface area (Å²) in [7, 11) is 0. The maximum atomic E-state index is 12.2. The van der Waals surface area contributed by atoms with E-state index in [2.05, 4.69) is 0 Å². The van der Waals surface area contributed by atoms with Crippen molar-refractivity contribution in [3.63, 3.8) is 0 Å². The van der Waals surface area contributed by atoms with Crippen molar-refractivity contribution in [2.75, 3.05) is 6.61 Å². The zero-order valence-electron chi connectivity index (χ0n) is 11.5. The van der Waals surface area contributed by atoms with Gasteiger partial charge in [0.2, 0.25) is 6.43 Å². The van der Waals surface area contributed by atoms with E-state index in [0.717, 1.165) is 5.56 Å². The molecule has 1 aromatic carbocycles. The zero-order valence-corrected chi connectivity index (χ0v) is 11.5. The minimum absolute atomic E-state index is 0.427. The van der Waals surface area contributed by atoms with Crippen LogP contribution in [-0.2, 0) is 16.0 Å². The molecule has 0 aliphatic rings. The Bertz CT molecular complexity index is 494. The Labute approximate surface area is 120 Å². The van der Waals surface area contributed by atoms with Gasteiger partial charge < -0.3 is 15.2 Å². The molecule has 0 spiro atoms. The molecule has 0 fully saturated rings. The second kappa shape index (κ2) is 8.18. The molecule has 1 amide bonds. The highest BCUT2D eigenvalue weighted by molar-refractivity contribution is 5.84. The minimum atomic E-state index is -2.81. The third kappa shape index (κ3) is 5.76. The summed E-state index contributed by atoms with van der Waals surface area (Å²) < 4.78 is 29.7. The highest BCUT2D eigenvalue weighted by atomic mass is 19.3. The van der Waals surface area contributed by atoms with Crippen LogP contribution in [0.1, 0.15) is 18.9 Å². The number of aliphatic carboxylic acids is 1. The lowest BCUT2D eigenvalue weighted by Crippen LogP contribution is -2.44. The molecule has 2 N–H and O–H groups in total. The second-order valence-corrected chi connectivity index (χ2v) is 4.34. The lowest BCUT2D eigenvalue weighted by atomic mass is 10.1. The molecule has 1 aromatic rings. The number of para-hydroxylation sites is 1. The first-order valence-electron chi connectivity index (χ1n) is 6.45. The number of carbonyl (C=O) groups excluding carboxylic acids is 1. The molecule has 0 aliphatic heterocycles. The number of rotatable bonds is 8. The number of benzene rings is 1. The maximum absolute atomic E-state index is 12.2. The number of alkyl halides is 2. The minimum Gasteiger partial charge on any atom is -0.483 e. The lowest BCUT2D eigenvalue weighted by molar-refractivity contribution is -0.143. The molecule has 1 unspecified atom stereocenters. The van der Waals surface area contributed by atoms with Crippen molar-refractivity contribution in [3.05, 3.63) is 29.8 Å². The van der Waals surface area contributed by atoms with Crippen molar-refractivity contribution in [3.8, 4) is 5.75 Å². The molecule has 21 heavy (non-hydrogen) atoms. The average molecular weight is 301 g/mol. The second-order valence-electron chi connectivity index (χ2n) is 4.34. The standard InChI is InChI=1S/C14H17F2NO4/c1-2-9-5-3-4-6-11(9)21-8-13(18)17-10(14(19)20)7-12(15)16/h3-6,10,12H,2,7-8H2,1H3,(H,17,18)(H,19,20). The molecule has 5 nitrogen and oxygen atoms in total. The van der Waals surface area contributed by atoms with Crippen LogP contribution in [0.15, 0.2) is 24.3 Å². The zero-order chi connectivity index (χ0) is 15.8. The third-order valence-electron chi connectivity index (χ3n) is 2.76. The fourth-order valence-electron chi connectivity index (χ4n) is 1.72. The van der Waals surface area contributed by atoms with Gasteiger partial charge in [-0.15, -0.1) is 0 Å². The van der Waals surface area contributed by atoms with E-state index in [-0.39, 0.29) is 0 Å². The Morgan fingerprint density at radius 1 is 1.33 bits per heavy atom. The molecule has 116 valence electrons. The Morgan fingerprint density at radius 2 is 2.00 bits per heavy atom. The summed E-state index contributed by atoms with van der Waals surface area (Å²) in [6, 6.07) is 5.46. The molecule has 0 aliphatic carbocycles. The highest BCUT2D eigenvalue weighted by Gasteiger charge is 2.24. The van der Waals surface area contributed by atoms with Crippen LogP contribution in [-0.4, -0.2) is 36.1 Å². The SMILES string of the molecule is CCc1ccccc1OCC(=O)NC(CC(F)F)C(=O)O. The van der Waals surface area contributed by atoms with Crippen LogP contribution in [0.5, 0.6) is 5.75 Å². The summed E-state index contributed by atoms with van der Waals surface area (Å²) in [5.41, 5.74) is 0.896. The Morgan fingerprint density at radius 3 is 2.57 bits per heavy atom. The fourth-order valence-corrected chi connectivity index (χ4v) is 1.72. The molecule has 0 radical (unpaired) electrons. The van der Waals surface area contributed by atoms with Gasteiger partial charge in [0.1, 0.15) is 11.8 Å². The van der Waals surface area contributed by atoms with E-state index in [1.807, 2.05) is 24.4 Å². The predicted octanol–water partition coefficient (Wildman–Crippen LogP) is 1.85. The van der Waals surface area contributed by atoms with Crippen molar-refractivity contribution < 1.29 is 28.2 Å². The molecular formula is C14H17F2NO4. The number of ether oxygens (including phenoxy) is 1. The van der Waals surface area contributed by atoms with Gasteiger partial charge in [-0.05, 0) is 18.1 Å². The number of halogens is 2. The summed E-state index contributed by atoms with van der Waals surface area (Å²) in [6.07, 6.45) is -3.04. The van der Waals surface area contributed by atoms with E-state index in [1.165, 1.54) is 0 Å². The number of carboxylic acids is 1. The van der Waals surface area contributed by atoms with Crippen molar-refractivity contribution in [1.29, 1.82) is 0 Å². The number of hydrogen-bond donors (Lipinski definition) is 2. The number of aryl methyl sites for hydroxylation is 1. The fraction of sp³-hybridized carbons (Fsp3) is 0.429. The molecule has 0 aromatic heterocycles. The topological polar surface area (TPSA) is 75.6 Å². The van der Waals surface area contributed by atoms with E-state index in [1.54, 1.807) is 12.1 Å². The van der Waals surface area contributed by atoms with Crippen LogP contribution >= 0.6 is 0 Å². The van der Waals surface area contributed by atoms with Crippen LogP contribution in [0.4, 0.5) is 8.78 Å². The van der Waals surface area contributed by atoms with Gasteiger partial charge in [-0.3, -0.25) is 4.79 Å². The summed E-state index contributed by atoms with van der Waals surface area (Å²) in [4.78, 5) is 22.3. The summed E-state index contributed by atoms with van der Waals surface area (Å²) >= 11 is 0. The largest absolute Gasteiger partial charge is 0.483 e. The van der Waals surface area contributed by atoms with E-state index >= 15 is 0 Å². The van der Waals surface area contributed by atoms with Gasteiger partial charge in [0.05, 0.1) is 0 Å². The van der Waals surface area contributed by atoms with Gasteiger partial charge in [0.15, 0.2) is 6.61 Å². The maximum Gasteiger partial charge on any atom is 0.326 e. The van der Waals surface area contributed by atoms with E-state index < -0.39 is 37.4 Å². The first-order chi connectivity index (χ1) is 9.93. The first-order valence-corrected chi connectivity index (χ1v) is 6.45. The first kappa shape index (κ1) is 16.9. The van der Waals surface area contributed by atoms with Gasteiger partial charge in [0.25, 0.3) is 5.91 Å². The Balaban J connectivity index is 2.54. The van der Waals surface area contributed by atoms with E-state index in [9.17, 15) is 18.4 Å². The van der Waals surface area contributed by atoms with Crippen LogP contribution in [0, 0.1) is 0 Å². The number of nitrogens with one attached hydrogen (secondary N) is 1. The lowest BCUT2D eigenvalue weighted by Gasteiger charge is -2.15. The number of amides is 1. The molecule has 1 rings (SSSR count). The molecule has 0 saturated heterocycles. The van der Waals surface area contributed by atoms with Gasteiger partial charge in [-0.25, -0.2) is 13.6 Å². The predicted molar refractivity (Wildman–Crippen MR) is 71.5 cm³/mol. The summed E-state index contributed by atoms with van der Waals surface area (Å²) in [6.45, 7) is 1.50. The normalized spacial score (nSPS) is 12.0. The van der Waals surface area contributed by atoms with E-state index in [0.29, 0.717) is 12.2 Å². The van der Waals surface area contributed by atoms with Gasteiger partial charge in [0, 0.05) is 6.42 Å². The van der Waals surface area contributed by atoms with Crippen molar-refractivity contribution in [2.45, 2.75) is 32.2 Å². The molecule has 0 bridgehead atoms. The third-order valence-corrected chi connectivity index (χ3v) is 2.76. The van der Waals surface area contributed by atoms with Crippen molar-refractivity contribution in [2.24, 2.45) is 0 Å². The van der Waals surface area contributed by atoms with Gasteiger partial charge in [-0.1, -0.05) is 25.1 Å². The molecule has 0 heterocycles. The monoisotopic (exact) mass is 301 g/mol. The smallest absolute Gasteiger partial charge is 0.326 e. The van der Waals surface area contributed by atoms with Crippen LogP contribution in [0.25, 0.3) is 0 Å². The quantitative estimate of drug-likeness (QED) is 0.768.